The Morgan fingerprint density at radius 1 is 1.00 bits per heavy atom. The van der Waals surface area contributed by atoms with Gasteiger partial charge in [-0.05, 0) is 68.3 Å². The number of piperidine rings is 1. The molecule has 1 aliphatic carbocycles. The van der Waals surface area contributed by atoms with Gasteiger partial charge >= 0.3 is 0 Å². The lowest BCUT2D eigenvalue weighted by Gasteiger charge is -2.33. The molecule has 2 fully saturated rings. The van der Waals surface area contributed by atoms with Gasteiger partial charge in [-0.1, -0.05) is 61.4 Å². The third-order valence-electron chi connectivity index (χ3n) is 8.51. The first-order valence-corrected chi connectivity index (χ1v) is 14.4. The second-order valence-electron chi connectivity index (χ2n) is 11.2. The Morgan fingerprint density at radius 3 is 2.51 bits per heavy atom. The monoisotopic (exact) mass is 525 g/mol. The average Bonchev–Trinajstić information content (AvgIpc) is 3.50. The Morgan fingerprint density at radius 2 is 1.77 bits per heavy atom. The van der Waals surface area contributed by atoms with E-state index in [1.54, 1.807) is 19.1 Å². The van der Waals surface area contributed by atoms with Gasteiger partial charge < -0.3 is 10.2 Å². The minimum Gasteiger partial charge on any atom is -0.341 e. The van der Waals surface area contributed by atoms with Crippen molar-refractivity contribution >= 4 is 17.9 Å². The van der Waals surface area contributed by atoms with Gasteiger partial charge in [-0.25, -0.2) is 9.37 Å². The number of anilines is 1. The van der Waals surface area contributed by atoms with Crippen molar-refractivity contribution in [3.63, 3.8) is 0 Å². The van der Waals surface area contributed by atoms with Gasteiger partial charge in [0.25, 0.3) is 5.91 Å². The van der Waals surface area contributed by atoms with Crippen molar-refractivity contribution in [1.82, 2.24) is 15.3 Å². The van der Waals surface area contributed by atoms with Gasteiger partial charge in [-0.15, -0.1) is 0 Å². The molecule has 1 aromatic heterocycles. The lowest BCUT2D eigenvalue weighted by atomic mass is 9.92. The van der Waals surface area contributed by atoms with Crippen LogP contribution in [0.5, 0.6) is 0 Å². The number of amides is 1. The van der Waals surface area contributed by atoms with E-state index in [0.717, 1.165) is 68.2 Å². The highest BCUT2D eigenvalue weighted by Gasteiger charge is 2.29. The predicted molar refractivity (Wildman–Crippen MR) is 151 cm³/mol. The van der Waals surface area contributed by atoms with Crippen LogP contribution in [0.1, 0.15) is 72.7 Å². The number of carbonyl (C=O) groups is 1. The van der Waals surface area contributed by atoms with E-state index in [2.05, 4.69) is 45.5 Å². The van der Waals surface area contributed by atoms with Crippen molar-refractivity contribution in [1.29, 1.82) is 0 Å². The first kappa shape index (κ1) is 25.8. The molecule has 2 aliphatic heterocycles. The van der Waals surface area contributed by atoms with Gasteiger partial charge in [0.2, 0.25) is 5.95 Å². The third-order valence-corrected chi connectivity index (χ3v) is 8.51. The number of fused-ring (bicyclic) bond motifs is 1. The molecule has 0 radical (unpaired) electrons. The van der Waals surface area contributed by atoms with E-state index in [1.807, 2.05) is 6.08 Å². The van der Waals surface area contributed by atoms with E-state index >= 15 is 0 Å². The first-order chi connectivity index (χ1) is 19.0. The first-order valence-electron chi connectivity index (χ1n) is 14.4. The molecule has 1 atom stereocenters. The summed E-state index contributed by atoms with van der Waals surface area (Å²) in [4.78, 5) is 29.8. The number of carbonyl (C=O) groups excluding carboxylic acids is 1. The third kappa shape index (κ3) is 5.64. The summed E-state index contributed by atoms with van der Waals surface area (Å²) in [7, 11) is 0. The minimum atomic E-state index is -0.538. The SMILES string of the molecule is Cc1cc(C2C=c3c(C4CCCC4)nc(N4CCC(NCCc5ccccc5)CC4)nc3=NC2=O)ccc1F. The van der Waals surface area contributed by atoms with Gasteiger partial charge in [-0.3, -0.25) is 4.79 Å². The van der Waals surface area contributed by atoms with Crippen molar-refractivity contribution in [3.05, 3.63) is 87.4 Å². The molecule has 2 aromatic carbocycles. The van der Waals surface area contributed by atoms with Crippen LogP contribution in [0.3, 0.4) is 0 Å². The van der Waals surface area contributed by atoms with Gasteiger partial charge in [0.1, 0.15) is 5.82 Å². The summed E-state index contributed by atoms with van der Waals surface area (Å²) in [5.74, 6) is -0.0116. The number of halogens is 1. The lowest BCUT2D eigenvalue weighted by molar-refractivity contribution is -0.118. The van der Waals surface area contributed by atoms with E-state index in [1.165, 1.54) is 24.5 Å². The molecule has 7 heteroatoms. The summed E-state index contributed by atoms with van der Waals surface area (Å²) in [6, 6.07) is 15.9. The van der Waals surface area contributed by atoms with Crippen LogP contribution in [0.2, 0.25) is 0 Å². The molecule has 0 bridgehead atoms. The highest BCUT2D eigenvalue weighted by molar-refractivity contribution is 5.91. The van der Waals surface area contributed by atoms with Crippen LogP contribution in [-0.4, -0.2) is 41.6 Å². The second kappa shape index (κ2) is 11.3. The van der Waals surface area contributed by atoms with Crippen molar-refractivity contribution in [2.75, 3.05) is 24.5 Å². The van der Waals surface area contributed by atoms with Gasteiger partial charge in [0.05, 0.1) is 11.6 Å². The number of benzene rings is 2. The molecule has 3 aromatic rings. The Balaban J connectivity index is 1.22. The molecule has 6 nitrogen and oxygen atoms in total. The summed E-state index contributed by atoms with van der Waals surface area (Å²) in [5.41, 5.74) is 4.16. The largest absolute Gasteiger partial charge is 0.341 e. The predicted octanol–water partition coefficient (Wildman–Crippen LogP) is 4.11. The number of nitrogens with zero attached hydrogens (tertiary/aromatic N) is 4. The van der Waals surface area contributed by atoms with Gasteiger partial charge in [0, 0.05) is 30.3 Å². The second-order valence-corrected chi connectivity index (χ2v) is 11.2. The Labute approximate surface area is 229 Å². The van der Waals surface area contributed by atoms with Gasteiger partial charge in [0.15, 0.2) is 5.49 Å². The number of nitrogens with one attached hydrogen (secondary N) is 1. The molecule has 1 amide bonds. The van der Waals surface area contributed by atoms with E-state index in [-0.39, 0.29) is 11.7 Å². The fourth-order valence-electron chi connectivity index (χ4n) is 6.22. The van der Waals surface area contributed by atoms with Crippen molar-refractivity contribution in [3.8, 4) is 0 Å². The summed E-state index contributed by atoms with van der Waals surface area (Å²) in [5, 5.41) is 4.61. The molecule has 0 spiro atoms. The van der Waals surface area contributed by atoms with Crippen LogP contribution < -0.4 is 20.9 Å². The summed E-state index contributed by atoms with van der Waals surface area (Å²) < 4.78 is 13.9. The molecular weight excluding hydrogens is 489 g/mol. The van der Waals surface area contributed by atoms with Crippen LogP contribution >= 0.6 is 0 Å². The van der Waals surface area contributed by atoms with Crippen LogP contribution in [0.25, 0.3) is 6.08 Å². The number of aryl methyl sites for hydroxylation is 1. The molecule has 1 saturated carbocycles. The maximum absolute atomic E-state index is 13.9. The molecule has 6 rings (SSSR count). The van der Waals surface area contributed by atoms with Gasteiger partial charge in [-0.2, -0.15) is 9.98 Å². The normalized spacial score (nSPS) is 20.0. The number of hydrogen-bond acceptors (Lipinski definition) is 5. The summed E-state index contributed by atoms with van der Waals surface area (Å²) in [6.07, 6.45) is 9.63. The Kier molecular flexibility index (Phi) is 7.51. The van der Waals surface area contributed by atoms with Crippen molar-refractivity contribution in [2.45, 2.75) is 69.7 Å². The molecule has 3 aliphatic rings. The molecule has 1 N–H and O–H groups in total. The number of aromatic nitrogens is 2. The lowest BCUT2D eigenvalue weighted by Crippen LogP contribution is -2.46. The highest BCUT2D eigenvalue weighted by Crippen LogP contribution is 2.32. The number of hydrogen-bond donors (Lipinski definition) is 1. The van der Waals surface area contributed by atoms with E-state index in [0.29, 0.717) is 29.0 Å². The molecule has 202 valence electrons. The van der Waals surface area contributed by atoms with E-state index in [4.69, 9.17) is 9.97 Å². The fraction of sp³-hybridized carbons (Fsp3) is 0.438. The zero-order valence-corrected chi connectivity index (χ0v) is 22.6. The molecule has 39 heavy (non-hydrogen) atoms. The van der Waals surface area contributed by atoms with E-state index < -0.39 is 5.92 Å². The Hall–Kier alpha value is -3.45. The van der Waals surface area contributed by atoms with Crippen molar-refractivity contribution in [2.24, 2.45) is 4.99 Å². The van der Waals surface area contributed by atoms with Crippen molar-refractivity contribution < 1.29 is 9.18 Å². The standard InChI is InChI=1S/C32H36FN5O/c1-21-19-24(11-12-28(21)33)26-20-27-29(23-9-5-6-10-23)35-32(37-30(27)36-31(26)39)38-17-14-25(15-18-38)34-16-13-22-7-3-2-4-8-22/h2-4,7-8,11-12,19-20,23,25-26,34H,5-6,9-10,13-18H2,1H3. The highest BCUT2D eigenvalue weighted by atomic mass is 19.1. The summed E-state index contributed by atoms with van der Waals surface area (Å²) >= 11 is 0. The topological polar surface area (TPSA) is 70.5 Å². The summed E-state index contributed by atoms with van der Waals surface area (Å²) in [6.45, 7) is 4.45. The zero-order chi connectivity index (χ0) is 26.8. The Bertz CT molecular complexity index is 1460. The molecule has 1 unspecified atom stereocenters. The molecule has 3 heterocycles. The maximum Gasteiger partial charge on any atom is 0.259 e. The van der Waals surface area contributed by atoms with Crippen LogP contribution in [0.15, 0.2) is 53.5 Å². The smallest absolute Gasteiger partial charge is 0.259 e. The van der Waals surface area contributed by atoms with Crippen LogP contribution in [0, 0.1) is 12.7 Å². The zero-order valence-electron chi connectivity index (χ0n) is 22.6. The minimum absolute atomic E-state index is 0.253. The van der Waals surface area contributed by atoms with Crippen LogP contribution in [-0.2, 0) is 11.2 Å². The molecular formula is C32H36FN5O. The maximum atomic E-state index is 13.9. The quantitative estimate of drug-likeness (QED) is 0.503. The average molecular weight is 526 g/mol. The van der Waals surface area contributed by atoms with Crippen LogP contribution in [0.4, 0.5) is 10.3 Å². The number of rotatable bonds is 7. The fourth-order valence-corrected chi connectivity index (χ4v) is 6.22. The van der Waals surface area contributed by atoms with E-state index in [9.17, 15) is 9.18 Å². The molecule has 1 saturated heterocycles.